The van der Waals surface area contributed by atoms with Crippen molar-refractivity contribution in [1.29, 1.82) is 0 Å². The number of hydrogen-bond acceptors (Lipinski definition) is 4. The van der Waals surface area contributed by atoms with Crippen LogP contribution in [0.4, 0.5) is 0 Å². The van der Waals surface area contributed by atoms with Gasteiger partial charge in [0.15, 0.2) is 0 Å². The van der Waals surface area contributed by atoms with Crippen LogP contribution in [-0.2, 0) is 16.1 Å². The van der Waals surface area contributed by atoms with Gasteiger partial charge in [0.25, 0.3) is 0 Å². The van der Waals surface area contributed by atoms with Crippen molar-refractivity contribution < 1.29 is 13.9 Å². The van der Waals surface area contributed by atoms with E-state index in [4.69, 9.17) is 9.15 Å². The van der Waals surface area contributed by atoms with Crippen molar-refractivity contribution in [3.63, 3.8) is 0 Å². The molecule has 0 unspecified atom stereocenters. The average Bonchev–Trinajstić information content (AvgIpc) is 2.90. The molecule has 1 aromatic rings. The molecule has 5 heteroatoms. The minimum atomic E-state index is 0.0887. The number of hydrogen-bond donors (Lipinski definition) is 1. The molecule has 0 atom stereocenters. The van der Waals surface area contributed by atoms with E-state index < -0.39 is 0 Å². The van der Waals surface area contributed by atoms with Gasteiger partial charge in [-0.15, -0.1) is 0 Å². The van der Waals surface area contributed by atoms with Crippen LogP contribution in [0.1, 0.15) is 18.4 Å². The zero-order valence-corrected chi connectivity index (χ0v) is 10.7. The van der Waals surface area contributed by atoms with Gasteiger partial charge in [-0.3, -0.25) is 4.79 Å². The Morgan fingerprint density at radius 3 is 2.94 bits per heavy atom. The molecule has 0 saturated carbocycles. The van der Waals surface area contributed by atoms with E-state index in [1.807, 2.05) is 11.0 Å². The lowest BCUT2D eigenvalue weighted by Gasteiger charge is -2.32. The number of ether oxygens (including phenoxy) is 1. The van der Waals surface area contributed by atoms with Gasteiger partial charge in [0.05, 0.1) is 12.5 Å². The first-order valence-corrected chi connectivity index (χ1v) is 6.31. The van der Waals surface area contributed by atoms with Crippen LogP contribution in [0.2, 0.25) is 0 Å². The normalized spacial score (nSPS) is 17.1. The zero-order chi connectivity index (χ0) is 12.8. The lowest BCUT2D eigenvalue weighted by Crippen LogP contribution is -2.45. The highest BCUT2D eigenvalue weighted by Gasteiger charge is 2.22. The molecule has 0 spiro atoms. The van der Waals surface area contributed by atoms with Crippen molar-refractivity contribution in [3.05, 3.63) is 24.2 Å². The van der Waals surface area contributed by atoms with Crippen LogP contribution in [0.5, 0.6) is 0 Å². The van der Waals surface area contributed by atoms with Crippen LogP contribution in [0.3, 0.4) is 0 Å². The molecule has 1 aliphatic heterocycles. The summed E-state index contributed by atoms with van der Waals surface area (Å²) in [5, 5.41) is 3.49. The molecule has 0 bridgehead atoms. The maximum absolute atomic E-state index is 11.6. The lowest BCUT2D eigenvalue weighted by atomic mass is 10.0. The van der Waals surface area contributed by atoms with E-state index in [0.717, 1.165) is 38.0 Å². The fraction of sp³-hybridized carbons (Fsp3) is 0.615. The summed E-state index contributed by atoms with van der Waals surface area (Å²) in [5.41, 5.74) is 1.16. The predicted molar refractivity (Wildman–Crippen MR) is 67.0 cm³/mol. The van der Waals surface area contributed by atoms with Crippen molar-refractivity contribution in [1.82, 2.24) is 10.2 Å². The van der Waals surface area contributed by atoms with Gasteiger partial charge in [0.2, 0.25) is 5.91 Å². The van der Waals surface area contributed by atoms with Gasteiger partial charge in [0.1, 0.15) is 6.61 Å². The van der Waals surface area contributed by atoms with E-state index in [2.05, 4.69) is 5.32 Å². The zero-order valence-electron chi connectivity index (χ0n) is 10.7. The number of carbonyl (C=O) groups is 1. The molecular weight excluding hydrogens is 232 g/mol. The summed E-state index contributed by atoms with van der Waals surface area (Å²) in [6.45, 7) is 2.64. The number of rotatable bonds is 5. The number of methoxy groups -OCH3 is 1. The first-order valence-electron chi connectivity index (χ1n) is 6.31. The Labute approximate surface area is 107 Å². The van der Waals surface area contributed by atoms with Gasteiger partial charge >= 0.3 is 0 Å². The largest absolute Gasteiger partial charge is 0.472 e. The Morgan fingerprint density at radius 2 is 2.33 bits per heavy atom. The van der Waals surface area contributed by atoms with E-state index in [1.165, 1.54) is 0 Å². The lowest BCUT2D eigenvalue weighted by molar-refractivity contribution is -0.136. The monoisotopic (exact) mass is 252 g/mol. The minimum absolute atomic E-state index is 0.0887. The first kappa shape index (κ1) is 13.1. The molecule has 0 radical (unpaired) electrons. The van der Waals surface area contributed by atoms with E-state index in [-0.39, 0.29) is 12.5 Å². The Morgan fingerprint density at radius 1 is 1.56 bits per heavy atom. The van der Waals surface area contributed by atoms with Gasteiger partial charge in [0, 0.05) is 38.3 Å². The van der Waals surface area contributed by atoms with Gasteiger partial charge in [-0.2, -0.15) is 0 Å². The van der Waals surface area contributed by atoms with Gasteiger partial charge in [-0.25, -0.2) is 0 Å². The number of amides is 1. The number of likely N-dealkylation sites (tertiary alicyclic amines) is 1. The SMILES string of the molecule is COCC(=O)N1CCC(NCc2ccoc2)CC1. The second kappa shape index (κ2) is 6.56. The van der Waals surface area contributed by atoms with Crippen LogP contribution in [0, 0.1) is 0 Å². The molecule has 5 nitrogen and oxygen atoms in total. The maximum Gasteiger partial charge on any atom is 0.248 e. The highest BCUT2D eigenvalue weighted by atomic mass is 16.5. The third kappa shape index (κ3) is 3.58. The Balaban J connectivity index is 1.68. The van der Waals surface area contributed by atoms with Crippen molar-refractivity contribution in [2.75, 3.05) is 26.8 Å². The molecule has 1 aliphatic rings. The molecule has 18 heavy (non-hydrogen) atoms. The molecule has 1 aromatic heterocycles. The summed E-state index contributed by atoms with van der Waals surface area (Å²) in [5.74, 6) is 0.0887. The van der Waals surface area contributed by atoms with Crippen molar-refractivity contribution in [2.45, 2.75) is 25.4 Å². The van der Waals surface area contributed by atoms with Gasteiger partial charge in [-0.05, 0) is 18.9 Å². The number of piperidine rings is 1. The Hall–Kier alpha value is -1.33. The number of furan rings is 1. The van der Waals surface area contributed by atoms with Crippen LogP contribution < -0.4 is 5.32 Å². The molecule has 0 aliphatic carbocycles. The molecule has 1 saturated heterocycles. The van der Waals surface area contributed by atoms with Crippen molar-refractivity contribution in [2.24, 2.45) is 0 Å². The smallest absolute Gasteiger partial charge is 0.248 e. The molecule has 100 valence electrons. The van der Waals surface area contributed by atoms with Crippen LogP contribution >= 0.6 is 0 Å². The van der Waals surface area contributed by atoms with Gasteiger partial charge < -0.3 is 19.4 Å². The van der Waals surface area contributed by atoms with Crippen LogP contribution in [0.25, 0.3) is 0 Å². The number of nitrogens with one attached hydrogen (secondary N) is 1. The predicted octanol–water partition coefficient (Wildman–Crippen LogP) is 1.01. The fourth-order valence-corrected chi connectivity index (χ4v) is 2.20. The number of nitrogens with zero attached hydrogens (tertiary/aromatic N) is 1. The second-order valence-corrected chi connectivity index (χ2v) is 4.60. The molecule has 2 heterocycles. The summed E-state index contributed by atoms with van der Waals surface area (Å²) < 4.78 is 9.89. The summed E-state index contributed by atoms with van der Waals surface area (Å²) >= 11 is 0. The number of carbonyl (C=O) groups excluding carboxylic acids is 1. The third-order valence-corrected chi connectivity index (χ3v) is 3.29. The maximum atomic E-state index is 11.6. The van der Waals surface area contributed by atoms with E-state index in [9.17, 15) is 4.79 Å². The minimum Gasteiger partial charge on any atom is -0.472 e. The Kier molecular flexibility index (Phi) is 4.78. The van der Waals surface area contributed by atoms with Crippen LogP contribution in [-0.4, -0.2) is 43.7 Å². The topological polar surface area (TPSA) is 54.7 Å². The van der Waals surface area contributed by atoms with E-state index in [0.29, 0.717) is 6.04 Å². The Bertz CT molecular complexity index is 356. The molecule has 0 aromatic carbocycles. The summed E-state index contributed by atoms with van der Waals surface area (Å²) in [4.78, 5) is 13.5. The summed E-state index contributed by atoms with van der Waals surface area (Å²) in [6, 6.07) is 2.44. The molecular formula is C13H20N2O3. The van der Waals surface area contributed by atoms with Crippen molar-refractivity contribution in [3.8, 4) is 0 Å². The quantitative estimate of drug-likeness (QED) is 0.849. The second-order valence-electron chi connectivity index (χ2n) is 4.60. The van der Waals surface area contributed by atoms with Crippen molar-refractivity contribution >= 4 is 5.91 Å². The highest BCUT2D eigenvalue weighted by Crippen LogP contribution is 2.11. The molecule has 1 amide bonds. The van der Waals surface area contributed by atoms with E-state index >= 15 is 0 Å². The third-order valence-electron chi connectivity index (χ3n) is 3.29. The average molecular weight is 252 g/mol. The standard InChI is InChI=1S/C13H20N2O3/c1-17-10-13(16)15-5-2-12(3-6-15)14-8-11-4-7-18-9-11/h4,7,9,12,14H,2-3,5-6,8,10H2,1H3. The highest BCUT2D eigenvalue weighted by molar-refractivity contribution is 5.77. The summed E-state index contributed by atoms with van der Waals surface area (Å²) in [7, 11) is 1.55. The molecule has 1 fully saturated rings. The van der Waals surface area contributed by atoms with Crippen LogP contribution in [0.15, 0.2) is 23.0 Å². The molecule has 2 rings (SSSR count). The van der Waals surface area contributed by atoms with Gasteiger partial charge in [-0.1, -0.05) is 0 Å². The van der Waals surface area contributed by atoms with E-state index in [1.54, 1.807) is 19.6 Å². The first-order chi connectivity index (χ1) is 8.79. The molecule has 1 N–H and O–H groups in total. The summed E-state index contributed by atoms with van der Waals surface area (Å²) in [6.07, 6.45) is 5.42. The fourth-order valence-electron chi connectivity index (χ4n) is 2.20.